The predicted molar refractivity (Wildman–Crippen MR) is 138 cm³/mol. The molecule has 3 aromatic carbocycles. The SMILES string of the molecule is CC(C)(C)OC(=O)N(CCOC(=O)NCCOC(=O)Nc1cccc2ccccc12)c1cccc(F)c1. The minimum Gasteiger partial charge on any atom is -0.448 e. The fourth-order valence-corrected chi connectivity index (χ4v) is 3.34. The van der Waals surface area contributed by atoms with Crippen LogP contribution in [0.4, 0.5) is 30.1 Å². The molecule has 0 radical (unpaired) electrons. The second-order valence-electron chi connectivity index (χ2n) is 8.96. The number of nitrogens with one attached hydrogen (secondary N) is 2. The first-order valence-electron chi connectivity index (χ1n) is 11.7. The highest BCUT2D eigenvalue weighted by molar-refractivity contribution is 6.00. The van der Waals surface area contributed by atoms with Gasteiger partial charge in [0.15, 0.2) is 0 Å². The summed E-state index contributed by atoms with van der Waals surface area (Å²) in [6.45, 7) is 4.83. The number of ether oxygens (including phenoxy) is 3. The van der Waals surface area contributed by atoms with Gasteiger partial charge in [0, 0.05) is 5.39 Å². The molecule has 0 atom stereocenters. The Kier molecular flexibility index (Phi) is 9.26. The molecule has 0 saturated carbocycles. The molecular weight excluding hydrogens is 481 g/mol. The van der Waals surface area contributed by atoms with E-state index in [0.717, 1.165) is 10.8 Å². The van der Waals surface area contributed by atoms with Gasteiger partial charge in [-0.15, -0.1) is 0 Å². The summed E-state index contributed by atoms with van der Waals surface area (Å²) < 4.78 is 29.3. The summed E-state index contributed by atoms with van der Waals surface area (Å²) in [5.41, 5.74) is 0.119. The average molecular weight is 512 g/mol. The van der Waals surface area contributed by atoms with Gasteiger partial charge < -0.3 is 19.5 Å². The van der Waals surface area contributed by atoms with Crippen molar-refractivity contribution < 1.29 is 33.0 Å². The molecule has 0 aromatic heterocycles. The Morgan fingerprint density at radius 2 is 1.59 bits per heavy atom. The molecule has 3 rings (SSSR count). The van der Waals surface area contributed by atoms with Crippen LogP contribution in [-0.4, -0.2) is 50.2 Å². The Morgan fingerprint density at radius 1 is 0.892 bits per heavy atom. The van der Waals surface area contributed by atoms with Crippen LogP contribution in [-0.2, 0) is 14.2 Å². The topological polar surface area (TPSA) is 106 Å². The van der Waals surface area contributed by atoms with Crippen LogP contribution in [0.5, 0.6) is 0 Å². The Labute approximate surface area is 214 Å². The van der Waals surface area contributed by atoms with Crippen LogP contribution in [0.2, 0.25) is 0 Å². The van der Waals surface area contributed by atoms with Crippen molar-refractivity contribution in [2.45, 2.75) is 26.4 Å². The number of amides is 3. The van der Waals surface area contributed by atoms with E-state index in [1.807, 2.05) is 36.4 Å². The van der Waals surface area contributed by atoms with Crippen LogP contribution >= 0.6 is 0 Å². The van der Waals surface area contributed by atoms with Crippen molar-refractivity contribution in [1.82, 2.24) is 5.32 Å². The summed E-state index contributed by atoms with van der Waals surface area (Å²) >= 11 is 0. The molecule has 0 unspecified atom stereocenters. The third-order valence-electron chi connectivity index (χ3n) is 4.91. The molecule has 37 heavy (non-hydrogen) atoms. The molecule has 3 amide bonds. The van der Waals surface area contributed by atoms with Crippen molar-refractivity contribution in [2.24, 2.45) is 0 Å². The van der Waals surface area contributed by atoms with E-state index in [9.17, 15) is 18.8 Å². The Balaban J connectivity index is 1.41. The molecule has 0 aliphatic heterocycles. The van der Waals surface area contributed by atoms with Gasteiger partial charge in [-0.3, -0.25) is 10.2 Å². The highest BCUT2D eigenvalue weighted by Gasteiger charge is 2.24. The number of carbonyl (C=O) groups excluding carboxylic acids is 3. The van der Waals surface area contributed by atoms with Gasteiger partial charge in [-0.25, -0.2) is 18.8 Å². The molecule has 0 saturated heterocycles. The largest absolute Gasteiger partial charge is 0.448 e. The summed E-state index contributed by atoms with van der Waals surface area (Å²) in [7, 11) is 0. The maximum atomic E-state index is 13.7. The van der Waals surface area contributed by atoms with E-state index in [1.165, 1.54) is 23.1 Å². The first-order chi connectivity index (χ1) is 17.6. The minimum absolute atomic E-state index is 0.0153. The number of hydrogen-bond donors (Lipinski definition) is 2. The van der Waals surface area contributed by atoms with Gasteiger partial charge in [0.1, 0.15) is 24.6 Å². The Morgan fingerprint density at radius 3 is 2.35 bits per heavy atom. The quantitative estimate of drug-likeness (QED) is 0.297. The van der Waals surface area contributed by atoms with Crippen LogP contribution < -0.4 is 15.5 Å². The summed E-state index contributed by atoms with van der Waals surface area (Å²) in [6.07, 6.45) is -2.12. The summed E-state index contributed by atoms with van der Waals surface area (Å²) in [5.74, 6) is -0.519. The van der Waals surface area contributed by atoms with Gasteiger partial charge >= 0.3 is 18.3 Å². The van der Waals surface area contributed by atoms with Crippen LogP contribution in [0.1, 0.15) is 20.8 Å². The van der Waals surface area contributed by atoms with E-state index in [1.54, 1.807) is 32.9 Å². The fraction of sp³-hybridized carbons (Fsp3) is 0.296. The lowest BCUT2D eigenvalue weighted by atomic mass is 10.1. The highest BCUT2D eigenvalue weighted by atomic mass is 19.1. The van der Waals surface area contributed by atoms with E-state index in [-0.39, 0.29) is 32.0 Å². The number of benzene rings is 3. The summed E-state index contributed by atoms with van der Waals surface area (Å²) in [4.78, 5) is 37.9. The van der Waals surface area contributed by atoms with E-state index in [2.05, 4.69) is 10.6 Å². The summed E-state index contributed by atoms with van der Waals surface area (Å²) in [5, 5.41) is 7.00. The smallest absolute Gasteiger partial charge is 0.414 e. The molecule has 0 aliphatic rings. The van der Waals surface area contributed by atoms with Gasteiger partial charge in [-0.1, -0.05) is 42.5 Å². The molecule has 10 heteroatoms. The fourth-order valence-electron chi connectivity index (χ4n) is 3.34. The van der Waals surface area contributed by atoms with E-state index in [0.29, 0.717) is 5.69 Å². The van der Waals surface area contributed by atoms with Gasteiger partial charge in [0.2, 0.25) is 0 Å². The number of halogens is 1. The second kappa shape index (κ2) is 12.6. The molecule has 196 valence electrons. The van der Waals surface area contributed by atoms with Gasteiger partial charge in [0.05, 0.1) is 24.5 Å². The average Bonchev–Trinajstić information content (AvgIpc) is 2.83. The van der Waals surface area contributed by atoms with Crippen LogP contribution in [0.25, 0.3) is 10.8 Å². The Bertz CT molecular complexity index is 1240. The number of anilines is 2. The third-order valence-corrected chi connectivity index (χ3v) is 4.91. The normalized spacial score (nSPS) is 10.9. The zero-order valence-corrected chi connectivity index (χ0v) is 21.0. The first-order valence-corrected chi connectivity index (χ1v) is 11.7. The van der Waals surface area contributed by atoms with E-state index < -0.39 is 29.7 Å². The number of carbonyl (C=O) groups is 3. The Hall–Kier alpha value is -4.34. The van der Waals surface area contributed by atoms with Crippen LogP contribution in [0.15, 0.2) is 66.7 Å². The number of fused-ring (bicyclic) bond motifs is 1. The highest BCUT2D eigenvalue weighted by Crippen LogP contribution is 2.23. The minimum atomic E-state index is -0.763. The predicted octanol–water partition coefficient (Wildman–Crippen LogP) is 5.70. The second-order valence-corrected chi connectivity index (χ2v) is 8.96. The number of nitrogens with zero attached hydrogens (tertiary/aromatic N) is 1. The maximum absolute atomic E-state index is 13.7. The van der Waals surface area contributed by atoms with Crippen molar-refractivity contribution in [3.63, 3.8) is 0 Å². The lowest BCUT2D eigenvalue weighted by molar-refractivity contribution is 0.0569. The zero-order valence-electron chi connectivity index (χ0n) is 21.0. The molecule has 0 fully saturated rings. The standard InChI is InChI=1S/C27H30FN3O6/c1-27(2,3)37-26(34)31(21-11-7-10-20(28)18-21)15-17-36-24(32)29-14-16-35-25(33)30-23-13-6-9-19-8-4-5-12-22(19)23/h4-13,18H,14-17H2,1-3H3,(H,29,32)(H,30,33). The lowest BCUT2D eigenvalue weighted by Gasteiger charge is -2.27. The van der Waals surface area contributed by atoms with Crippen LogP contribution in [0.3, 0.4) is 0 Å². The molecule has 0 aliphatic carbocycles. The number of alkyl carbamates (subject to hydrolysis) is 1. The van der Waals surface area contributed by atoms with Crippen molar-refractivity contribution in [2.75, 3.05) is 36.5 Å². The van der Waals surface area contributed by atoms with Crippen molar-refractivity contribution >= 4 is 40.4 Å². The monoisotopic (exact) mass is 511 g/mol. The first kappa shape index (κ1) is 27.3. The van der Waals surface area contributed by atoms with Crippen LogP contribution in [0, 0.1) is 5.82 Å². The van der Waals surface area contributed by atoms with Crippen molar-refractivity contribution in [3.8, 4) is 0 Å². The van der Waals surface area contributed by atoms with Gasteiger partial charge in [-0.2, -0.15) is 0 Å². The van der Waals surface area contributed by atoms with Crippen molar-refractivity contribution in [3.05, 3.63) is 72.5 Å². The molecule has 0 spiro atoms. The third kappa shape index (κ3) is 8.68. The molecule has 3 aromatic rings. The maximum Gasteiger partial charge on any atom is 0.414 e. The van der Waals surface area contributed by atoms with E-state index >= 15 is 0 Å². The molecule has 0 heterocycles. The number of hydrogen-bond acceptors (Lipinski definition) is 6. The van der Waals surface area contributed by atoms with Crippen molar-refractivity contribution in [1.29, 1.82) is 0 Å². The van der Waals surface area contributed by atoms with Gasteiger partial charge in [0.25, 0.3) is 0 Å². The molecule has 9 nitrogen and oxygen atoms in total. The summed E-state index contributed by atoms with van der Waals surface area (Å²) in [6, 6.07) is 18.6. The molecule has 2 N–H and O–H groups in total. The van der Waals surface area contributed by atoms with Gasteiger partial charge in [-0.05, 0) is 50.4 Å². The molecular formula is C27H30FN3O6. The lowest BCUT2D eigenvalue weighted by Crippen LogP contribution is -2.40. The number of rotatable bonds is 8. The van der Waals surface area contributed by atoms with E-state index in [4.69, 9.17) is 14.2 Å². The molecule has 0 bridgehead atoms. The zero-order chi connectivity index (χ0) is 26.8.